The van der Waals surface area contributed by atoms with Crippen molar-refractivity contribution in [1.29, 1.82) is 0 Å². The molecule has 0 aromatic heterocycles. The number of nitrogens with one attached hydrogen (secondary N) is 1. The largest absolute Gasteiger partial charge is 0.309 e. The quantitative estimate of drug-likeness (QED) is 0.667. The second-order valence-electron chi connectivity index (χ2n) is 3.94. The van der Waals surface area contributed by atoms with Crippen molar-refractivity contribution in [2.75, 3.05) is 7.05 Å². The van der Waals surface area contributed by atoms with Crippen molar-refractivity contribution in [2.24, 2.45) is 0 Å². The molecule has 0 aliphatic heterocycles. The molecular weight excluding hydrogens is 424 g/mol. The second kappa shape index (κ2) is 6.37. The molecule has 0 heterocycles. The van der Waals surface area contributed by atoms with Gasteiger partial charge in [0.25, 0.3) is 0 Å². The van der Waals surface area contributed by atoms with Crippen molar-refractivity contribution in [3.63, 3.8) is 0 Å². The first-order valence-electron chi connectivity index (χ1n) is 5.49. The zero-order chi connectivity index (χ0) is 13.1. The third kappa shape index (κ3) is 3.26. The highest BCUT2D eigenvalue weighted by molar-refractivity contribution is 14.1. The fourth-order valence-corrected chi connectivity index (χ4v) is 2.98. The van der Waals surface area contributed by atoms with Gasteiger partial charge in [0, 0.05) is 13.1 Å². The van der Waals surface area contributed by atoms with Crippen LogP contribution < -0.4 is 5.32 Å². The van der Waals surface area contributed by atoms with Crippen LogP contribution in [0.25, 0.3) is 0 Å². The second-order valence-corrected chi connectivity index (χ2v) is 6.45. The van der Waals surface area contributed by atoms with Crippen molar-refractivity contribution < 1.29 is 0 Å². The fraction of sp³-hybridized carbons (Fsp3) is 0.143. The van der Waals surface area contributed by atoms with E-state index in [1.807, 2.05) is 25.2 Å². The topological polar surface area (TPSA) is 12.0 Å². The molecule has 0 saturated carbocycles. The maximum Gasteiger partial charge on any atom is 0.0585 e. The van der Waals surface area contributed by atoms with E-state index in [4.69, 9.17) is 11.6 Å². The third-order valence-electron chi connectivity index (χ3n) is 2.76. The van der Waals surface area contributed by atoms with Crippen molar-refractivity contribution in [3.8, 4) is 0 Å². The summed E-state index contributed by atoms with van der Waals surface area (Å²) in [6.45, 7) is 0. The van der Waals surface area contributed by atoms with Crippen molar-refractivity contribution >= 4 is 50.1 Å². The summed E-state index contributed by atoms with van der Waals surface area (Å²) in [5.74, 6) is 0. The minimum absolute atomic E-state index is 0.156. The van der Waals surface area contributed by atoms with E-state index in [1.54, 1.807) is 0 Å². The van der Waals surface area contributed by atoms with E-state index in [2.05, 4.69) is 68.1 Å². The molecule has 4 heteroatoms. The molecule has 2 aromatic rings. The summed E-state index contributed by atoms with van der Waals surface area (Å²) in [4.78, 5) is 0. The fourth-order valence-electron chi connectivity index (χ4n) is 1.89. The van der Waals surface area contributed by atoms with Gasteiger partial charge in [-0.2, -0.15) is 0 Å². The Morgan fingerprint density at radius 2 is 1.83 bits per heavy atom. The molecule has 94 valence electrons. The van der Waals surface area contributed by atoms with Crippen LogP contribution in [0.15, 0.2) is 46.9 Å². The van der Waals surface area contributed by atoms with Crippen molar-refractivity contribution in [1.82, 2.24) is 5.32 Å². The number of halogens is 3. The summed E-state index contributed by atoms with van der Waals surface area (Å²) >= 11 is 11.9. The maximum absolute atomic E-state index is 6.09. The molecular formula is C14H12BrClIN. The summed E-state index contributed by atoms with van der Waals surface area (Å²) in [6, 6.07) is 14.5. The highest BCUT2D eigenvalue weighted by Gasteiger charge is 2.15. The standard InChI is InChI=1S/C14H12BrClIN/c1-18-14(9-2-4-10(15)5-3-9)12-8-11(16)6-7-13(12)17/h2-8,14,18H,1H3. The van der Waals surface area contributed by atoms with E-state index in [9.17, 15) is 0 Å². The molecule has 0 aliphatic rings. The average Bonchev–Trinajstić information content (AvgIpc) is 2.37. The molecule has 0 bridgehead atoms. The Balaban J connectivity index is 2.44. The first kappa shape index (κ1) is 14.3. The van der Waals surface area contributed by atoms with Crippen LogP contribution in [0.5, 0.6) is 0 Å². The van der Waals surface area contributed by atoms with Crippen LogP contribution in [0.4, 0.5) is 0 Å². The Kier molecular flexibility index (Phi) is 5.06. The maximum atomic E-state index is 6.09. The highest BCUT2D eigenvalue weighted by Crippen LogP contribution is 2.29. The van der Waals surface area contributed by atoms with Crippen LogP contribution in [0.1, 0.15) is 17.2 Å². The van der Waals surface area contributed by atoms with E-state index in [-0.39, 0.29) is 6.04 Å². The number of hydrogen-bond acceptors (Lipinski definition) is 1. The van der Waals surface area contributed by atoms with Gasteiger partial charge in [-0.15, -0.1) is 0 Å². The van der Waals surface area contributed by atoms with Gasteiger partial charge in [0.2, 0.25) is 0 Å². The SMILES string of the molecule is CNC(c1ccc(Br)cc1)c1cc(Cl)ccc1I. The Labute approximate surface area is 134 Å². The van der Waals surface area contributed by atoms with Crippen molar-refractivity contribution in [3.05, 3.63) is 66.7 Å². The first-order valence-corrected chi connectivity index (χ1v) is 7.74. The molecule has 0 fully saturated rings. The zero-order valence-electron chi connectivity index (χ0n) is 9.75. The zero-order valence-corrected chi connectivity index (χ0v) is 14.3. The predicted molar refractivity (Wildman–Crippen MR) is 89.2 cm³/mol. The molecule has 18 heavy (non-hydrogen) atoms. The molecule has 1 nitrogen and oxygen atoms in total. The van der Waals surface area contributed by atoms with Gasteiger partial charge in [0.1, 0.15) is 0 Å². The lowest BCUT2D eigenvalue weighted by molar-refractivity contribution is 0.688. The van der Waals surface area contributed by atoms with E-state index < -0.39 is 0 Å². The Morgan fingerprint density at radius 3 is 2.44 bits per heavy atom. The summed E-state index contributed by atoms with van der Waals surface area (Å²) in [6.07, 6.45) is 0. The molecule has 0 amide bonds. The van der Waals surface area contributed by atoms with Gasteiger partial charge >= 0.3 is 0 Å². The summed E-state index contributed by atoms with van der Waals surface area (Å²) in [5, 5.41) is 4.11. The van der Waals surface area contributed by atoms with Gasteiger partial charge in [-0.25, -0.2) is 0 Å². The molecule has 0 saturated heterocycles. The summed E-state index contributed by atoms with van der Waals surface area (Å²) < 4.78 is 2.29. The Morgan fingerprint density at radius 1 is 1.17 bits per heavy atom. The van der Waals surface area contributed by atoms with Crippen LogP contribution in [-0.2, 0) is 0 Å². The van der Waals surface area contributed by atoms with Crippen LogP contribution in [0.3, 0.4) is 0 Å². The van der Waals surface area contributed by atoms with E-state index >= 15 is 0 Å². The molecule has 0 spiro atoms. The van der Waals surface area contributed by atoms with Gasteiger partial charge in [0.05, 0.1) is 6.04 Å². The van der Waals surface area contributed by atoms with E-state index in [0.717, 1.165) is 9.50 Å². The van der Waals surface area contributed by atoms with Crippen LogP contribution in [-0.4, -0.2) is 7.05 Å². The number of benzene rings is 2. The molecule has 1 unspecified atom stereocenters. The van der Waals surface area contributed by atoms with Gasteiger partial charge in [0.15, 0.2) is 0 Å². The lowest BCUT2D eigenvalue weighted by atomic mass is 9.99. The van der Waals surface area contributed by atoms with Gasteiger partial charge in [-0.3, -0.25) is 0 Å². The van der Waals surface area contributed by atoms with Crippen LogP contribution in [0.2, 0.25) is 5.02 Å². The average molecular weight is 437 g/mol. The molecule has 1 N–H and O–H groups in total. The van der Waals surface area contributed by atoms with Gasteiger partial charge in [-0.1, -0.05) is 39.7 Å². The number of rotatable bonds is 3. The highest BCUT2D eigenvalue weighted by atomic mass is 127. The Hall–Kier alpha value is -0.100. The van der Waals surface area contributed by atoms with Crippen LogP contribution >= 0.6 is 50.1 Å². The normalized spacial score (nSPS) is 12.4. The molecule has 1 atom stereocenters. The smallest absolute Gasteiger partial charge is 0.0585 e. The Bertz CT molecular complexity index is 542. The summed E-state index contributed by atoms with van der Waals surface area (Å²) in [5.41, 5.74) is 2.42. The van der Waals surface area contributed by atoms with Crippen LogP contribution in [0, 0.1) is 3.57 Å². The predicted octanol–water partition coefficient (Wildman–Crippen LogP) is 5.02. The van der Waals surface area contributed by atoms with Crippen molar-refractivity contribution in [2.45, 2.75) is 6.04 Å². The number of hydrogen-bond donors (Lipinski definition) is 1. The van der Waals surface area contributed by atoms with Gasteiger partial charge < -0.3 is 5.32 Å². The van der Waals surface area contributed by atoms with E-state index in [0.29, 0.717) is 0 Å². The molecule has 2 aromatic carbocycles. The first-order chi connectivity index (χ1) is 8.61. The summed E-state index contributed by atoms with van der Waals surface area (Å²) in [7, 11) is 1.96. The minimum Gasteiger partial charge on any atom is -0.309 e. The minimum atomic E-state index is 0.156. The molecule has 2 rings (SSSR count). The molecule has 0 radical (unpaired) electrons. The van der Waals surface area contributed by atoms with Gasteiger partial charge in [-0.05, 0) is 71.1 Å². The lowest BCUT2D eigenvalue weighted by Gasteiger charge is -2.19. The lowest BCUT2D eigenvalue weighted by Crippen LogP contribution is -2.18. The third-order valence-corrected chi connectivity index (χ3v) is 4.51. The molecule has 0 aliphatic carbocycles. The monoisotopic (exact) mass is 435 g/mol. The van der Waals surface area contributed by atoms with E-state index in [1.165, 1.54) is 14.7 Å².